The summed E-state index contributed by atoms with van der Waals surface area (Å²) in [4.78, 5) is 25.4. The summed E-state index contributed by atoms with van der Waals surface area (Å²) in [5.41, 5.74) is 0. The average Bonchev–Trinajstić information content (AvgIpc) is 3.13. The third-order valence-corrected chi connectivity index (χ3v) is 6.48. The number of amides is 1. The number of rotatable bonds is 5. The summed E-state index contributed by atoms with van der Waals surface area (Å²) in [6.45, 7) is 0.0170. The molecule has 0 spiro atoms. The minimum absolute atomic E-state index is 0.00721. The Bertz CT molecular complexity index is 968. The SMILES string of the molecule is O=C(OCC(=O)N1CCN(S(=O)(=O)c2ccc(F)cc2)CC1)c1ccc(Br)o1. The number of halogens is 2. The molecule has 1 aromatic carbocycles. The molecule has 2 aromatic rings. The molecule has 0 saturated carbocycles. The second kappa shape index (κ2) is 8.41. The van der Waals surface area contributed by atoms with Gasteiger partial charge in [-0.3, -0.25) is 4.79 Å². The molecule has 1 amide bonds. The molecule has 0 aliphatic carbocycles. The lowest BCUT2D eigenvalue weighted by Crippen LogP contribution is -2.51. The van der Waals surface area contributed by atoms with Gasteiger partial charge in [0.2, 0.25) is 15.8 Å². The van der Waals surface area contributed by atoms with Crippen LogP contribution >= 0.6 is 15.9 Å². The van der Waals surface area contributed by atoms with Crippen molar-refractivity contribution in [3.63, 3.8) is 0 Å². The van der Waals surface area contributed by atoms with Crippen LogP contribution in [0.4, 0.5) is 4.39 Å². The molecule has 3 rings (SSSR count). The van der Waals surface area contributed by atoms with E-state index in [2.05, 4.69) is 15.9 Å². The van der Waals surface area contributed by atoms with E-state index in [9.17, 15) is 22.4 Å². The second-order valence-corrected chi connectivity index (χ2v) is 8.64. The maximum atomic E-state index is 13.0. The molecule has 150 valence electrons. The van der Waals surface area contributed by atoms with Crippen molar-refractivity contribution in [2.45, 2.75) is 4.90 Å². The second-order valence-electron chi connectivity index (χ2n) is 5.92. The number of ether oxygens (including phenoxy) is 1. The van der Waals surface area contributed by atoms with Gasteiger partial charge in [-0.05, 0) is 52.3 Å². The fourth-order valence-electron chi connectivity index (χ4n) is 2.65. The van der Waals surface area contributed by atoms with Crippen molar-refractivity contribution in [1.29, 1.82) is 0 Å². The maximum Gasteiger partial charge on any atom is 0.374 e. The normalized spacial score (nSPS) is 15.4. The van der Waals surface area contributed by atoms with Crippen molar-refractivity contribution in [2.75, 3.05) is 32.8 Å². The molecule has 28 heavy (non-hydrogen) atoms. The zero-order chi connectivity index (χ0) is 20.3. The minimum atomic E-state index is -3.76. The number of sulfonamides is 1. The van der Waals surface area contributed by atoms with Gasteiger partial charge in [-0.15, -0.1) is 0 Å². The van der Waals surface area contributed by atoms with Crippen LogP contribution in [0.15, 0.2) is 50.4 Å². The summed E-state index contributed by atoms with van der Waals surface area (Å²) >= 11 is 3.06. The lowest BCUT2D eigenvalue weighted by Gasteiger charge is -2.33. The van der Waals surface area contributed by atoms with Gasteiger partial charge < -0.3 is 14.1 Å². The predicted molar refractivity (Wildman–Crippen MR) is 98.4 cm³/mol. The van der Waals surface area contributed by atoms with Crippen LogP contribution in [0, 0.1) is 5.82 Å². The van der Waals surface area contributed by atoms with Gasteiger partial charge >= 0.3 is 5.97 Å². The molecule has 1 saturated heterocycles. The minimum Gasteiger partial charge on any atom is -0.450 e. The number of esters is 1. The van der Waals surface area contributed by atoms with Gasteiger partial charge in [-0.25, -0.2) is 17.6 Å². The van der Waals surface area contributed by atoms with E-state index < -0.39 is 34.3 Å². The van der Waals surface area contributed by atoms with Gasteiger partial charge in [0.05, 0.1) is 4.90 Å². The summed E-state index contributed by atoms with van der Waals surface area (Å²) in [6, 6.07) is 7.51. The van der Waals surface area contributed by atoms with E-state index in [0.717, 1.165) is 12.1 Å². The van der Waals surface area contributed by atoms with Gasteiger partial charge in [0.15, 0.2) is 11.3 Å². The third kappa shape index (κ3) is 4.59. The lowest BCUT2D eigenvalue weighted by atomic mass is 10.3. The molecule has 11 heteroatoms. The van der Waals surface area contributed by atoms with Gasteiger partial charge in [0, 0.05) is 26.2 Å². The number of hydrogen-bond donors (Lipinski definition) is 0. The van der Waals surface area contributed by atoms with Crippen LogP contribution in [0.1, 0.15) is 10.6 Å². The summed E-state index contributed by atoms with van der Waals surface area (Å²) in [7, 11) is -3.76. The van der Waals surface area contributed by atoms with Crippen molar-refractivity contribution < 1.29 is 31.6 Å². The van der Waals surface area contributed by atoms with Crippen LogP contribution in [0.3, 0.4) is 0 Å². The number of piperazine rings is 1. The lowest BCUT2D eigenvalue weighted by molar-refractivity contribution is -0.135. The van der Waals surface area contributed by atoms with Gasteiger partial charge in [-0.2, -0.15) is 4.31 Å². The topological polar surface area (TPSA) is 97.1 Å². The molecular formula is C17H16BrFN2O6S. The van der Waals surface area contributed by atoms with Crippen molar-refractivity contribution in [2.24, 2.45) is 0 Å². The van der Waals surface area contributed by atoms with Gasteiger partial charge in [-0.1, -0.05) is 0 Å². The van der Waals surface area contributed by atoms with Crippen molar-refractivity contribution in [3.8, 4) is 0 Å². The first-order chi connectivity index (χ1) is 13.3. The molecule has 1 fully saturated rings. The molecule has 1 aliphatic heterocycles. The number of carbonyl (C=O) groups is 2. The van der Waals surface area contributed by atoms with E-state index in [1.807, 2.05) is 0 Å². The Morgan fingerprint density at radius 1 is 1.07 bits per heavy atom. The third-order valence-electron chi connectivity index (χ3n) is 4.14. The zero-order valence-corrected chi connectivity index (χ0v) is 16.9. The highest BCUT2D eigenvalue weighted by molar-refractivity contribution is 9.10. The van der Waals surface area contributed by atoms with E-state index in [1.54, 1.807) is 0 Å². The van der Waals surface area contributed by atoms with E-state index in [4.69, 9.17) is 9.15 Å². The van der Waals surface area contributed by atoms with Crippen LogP contribution in [0.2, 0.25) is 0 Å². The van der Waals surface area contributed by atoms with Crippen LogP contribution in [0.25, 0.3) is 0 Å². The van der Waals surface area contributed by atoms with Crippen LogP contribution in [-0.4, -0.2) is 62.3 Å². The van der Waals surface area contributed by atoms with Crippen molar-refractivity contribution in [1.82, 2.24) is 9.21 Å². The summed E-state index contributed by atoms with van der Waals surface area (Å²) in [5, 5.41) is 0. The Hall–Kier alpha value is -2.24. The number of hydrogen-bond acceptors (Lipinski definition) is 6. The molecule has 2 heterocycles. The Labute approximate surface area is 169 Å². The zero-order valence-electron chi connectivity index (χ0n) is 14.5. The van der Waals surface area contributed by atoms with E-state index in [0.29, 0.717) is 4.67 Å². The largest absolute Gasteiger partial charge is 0.450 e. The maximum absolute atomic E-state index is 13.0. The van der Waals surface area contributed by atoms with E-state index >= 15 is 0 Å². The first-order valence-electron chi connectivity index (χ1n) is 8.23. The fourth-order valence-corrected chi connectivity index (χ4v) is 4.38. The Balaban J connectivity index is 1.52. The Kier molecular flexibility index (Phi) is 6.16. The quantitative estimate of drug-likeness (QED) is 0.613. The molecule has 8 nitrogen and oxygen atoms in total. The number of carbonyl (C=O) groups excluding carboxylic acids is 2. The monoisotopic (exact) mass is 474 g/mol. The molecule has 0 unspecified atom stereocenters. The number of nitrogens with zero attached hydrogens (tertiary/aromatic N) is 2. The predicted octanol–water partition coefficient (Wildman–Crippen LogP) is 1.87. The Morgan fingerprint density at radius 2 is 1.71 bits per heavy atom. The Morgan fingerprint density at radius 3 is 2.29 bits per heavy atom. The first-order valence-corrected chi connectivity index (χ1v) is 10.5. The molecule has 0 radical (unpaired) electrons. The fraction of sp³-hybridized carbons (Fsp3) is 0.294. The summed E-state index contributed by atoms with van der Waals surface area (Å²) in [6.07, 6.45) is 0. The molecule has 0 atom stereocenters. The van der Waals surface area contributed by atoms with E-state index in [-0.39, 0.29) is 36.8 Å². The van der Waals surface area contributed by atoms with Gasteiger partial charge in [0.25, 0.3) is 5.91 Å². The van der Waals surface area contributed by atoms with E-state index in [1.165, 1.54) is 33.5 Å². The molecular weight excluding hydrogens is 459 g/mol. The van der Waals surface area contributed by atoms with Gasteiger partial charge in [0.1, 0.15) is 5.82 Å². The van der Waals surface area contributed by atoms with Crippen LogP contribution < -0.4 is 0 Å². The van der Waals surface area contributed by atoms with Crippen molar-refractivity contribution >= 4 is 37.8 Å². The van der Waals surface area contributed by atoms with Crippen LogP contribution in [0.5, 0.6) is 0 Å². The van der Waals surface area contributed by atoms with Crippen molar-refractivity contribution in [3.05, 3.63) is 52.6 Å². The standard InChI is InChI=1S/C17H16BrFN2O6S/c18-15-6-5-14(27-15)17(23)26-11-16(22)20-7-9-21(10-8-20)28(24,25)13-3-1-12(19)2-4-13/h1-6H,7-11H2. The number of benzene rings is 1. The number of furan rings is 1. The summed E-state index contributed by atoms with van der Waals surface area (Å²) in [5.74, 6) is -1.75. The molecule has 0 bridgehead atoms. The highest BCUT2D eigenvalue weighted by atomic mass is 79.9. The highest BCUT2D eigenvalue weighted by Crippen LogP contribution is 2.18. The highest BCUT2D eigenvalue weighted by Gasteiger charge is 2.30. The average molecular weight is 475 g/mol. The molecule has 1 aliphatic rings. The summed E-state index contributed by atoms with van der Waals surface area (Å²) < 4.78 is 49.7. The van der Waals surface area contributed by atoms with Crippen LogP contribution in [-0.2, 0) is 19.6 Å². The molecule has 1 aromatic heterocycles. The smallest absolute Gasteiger partial charge is 0.374 e. The first kappa shape index (κ1) is 20.5. The molecule has 0 N–H and O–H groups in total.